The molecule has 8 nitrogen and oxygen atoms in total. The maximum atomic E-state index is 12.9. The number of para-hydroxylation sites is 1. The van der Waals surface area contributed by atoms with E-state index in [9.17, 15) is 18.0 Å². The normalized spacial score (nSPS) is 15.5. The van der Waals surface area contributed by atoms with Crippen molar-refractivity contribution in [3.8, 4) is 5.75 Å². The summed E-state index contributed by atoms with van der Waals surface area (Å²) in [5.74, 6) is -0.600. The van der Waals surface area contributed by atoms with Crippen LogP contribution in [0.25, 0.3) is 10.9 Å². The average molecular weight is 471 g/mol. The van der Waals surface area contributed by atoms with Gasteiger partial charge >= 0.3 is 5.97 Å². The fourth-order valence-electron chi connectivity index (χ4n) is 4.19. The number of fused-ring (bicyclic) bond motifs is 1. The number of H-pyrrole nitrogens is 1. The molecular weight excluding hydrogens is 444 g/mol. The number of rotatable bonds is 7. The molecule has 0 aliphatic carbocycles. The Labute approximate surface area is 192 Å². The van der Waals surface area contributed by atoms with Gasteiger partial charge in [0.15, 0.2) is 6.61 Å². The van der Waals surface area contributed by atoms with Crippen LogP contribution in [0.3, 0.4) is 0 Å². The molecule has 33 heavy (non-hydrogen) atoms. The molecule has 0 unspecified atom stereocenters. The van der Waals surface area contributed by atoms with Crippen molar-refractivity contribution in [3.63, 3.8) is 0 Å². The van der Waals surface area contributed by atoms with Crippen molar-refractivity contribution in [3.05, 3.63) is 59.8 Å². The third-order valence-corrected chi connectivity index (χ3v) is 7.92. The van der Waals surface area contributed by atoms with Gasteiger partial charge in [0, 0.05) is 35.2 Å². The molecule has 1 aliphatic heterocycles. The molecule has 4 rings (SSSR count). The first-order chi connectivity index (χ1) is 15.8. The number of esters is 1. The maximum absolute atomic E-state index is 12.9. The third kappa shape index (κ3) is 4.65. The van der Waals surface area contributed by atoms with Gasteiger partial charge < -0.3 is 14.5 Å². The number of hydrogen-bond acceptors (Lipinski definition) is 6. The molecule has 1 N–H and O–H groups in total. The number of benzene rings is 2. The molecule has 1 fully saturated rings. The van der Waals surface area contributed by atoms with Crippen LogP contribution in [0, 0.1) is 12.8 Å². The van der Waals surface area contributed by atoms with E-state index in [0.717, 1.165) is 16.6 Å². The van der Waals surface area contributed by atoms with Gasteiger partial charge in [-0.2, -0.15) is 4.31 Å². The summed E-state index contributed by atoms with van der Waals surface area (Å²) in [7, 11) is -2.13. The van der Waals surface area contributed by atoms with Crippen LogP contribution < -0.4 is 4.74 Å². The number of Topliss-reactive ketones (excluding diaryl/α,β-unsaturated/α-hetero) is 1. The monoisotopic (exact) mass is 470 g/mol. The number of carbonyl (C=O) groups excluding carboxylic acids is 2. The summed E-state index contributed by atoms with van der Waals surface area (Å²) in [5.41, 5.74) is 2.11. The van der Waals surface area contributed by atoms with Crippen LogP contribution >= 0.6 is 0 Å². The van der Waals surface area contributed by atoms with E-state index in [0.29, 0.717) is 24.2 Å². The van der Waals surface area contributed by atoms with Crippen LogP contribution in [-0.2, 0) is 19.6 Å². The number of nitrogens with one attached hydrogen (secondary N) is 1. The molecule has 0 spiro atoms. The predicted octanol–water partition coefficient (Wildman–Crippen LogP) is 3.31. The summed E-state index contributed by atoms with van der Waals surface area (Å²) in [6.45, 7) is 1.90. The molecular formula is C24H26N2O6S. The van der Waals surface area contributed by atoms with Gasteiger partial charge in [-0.1, -0.05) is 18.2 Å². The Morgan fingerprint density at radius 2 is 1.73 bits per heavy atom. The standard InChI is InChI=1S/C24H26N2O6S/c1-16-23(20-5-3-4-6-21(20)25-16)22(27)15-32-24(28)17-11-13-26(14-12-17)33(29,30)19-9-7-18(31-2)8-10-19/h3-10,17,25H,11-15H2,1-2H3. The Balaban J connectivity index is 1.33. The number of carbonyl (C=O) groups is 2. The second-order valence-electron chi connectivity index (χ2n) is 8.06. The number of aromatic amines is 1. The second-order valence-corrected chi connectivity index (χ2v) is 9.99. The molecule has 0 amide bonds. The Bertz CT molecular complexity index is 1270. The minimum absolute atomic E-state index is 0.184. The van der Waals surface area contributed by atoms with Crippen molar-refractivity contribution < 1.29 is 27.5 Å². The smallest absolute Gasteiger partial charge is 0.309 e. The lowest BCUT2D eigenvalue weighted by molar-refractivity contribution is -0.148. The van der Waals surface area contributed by atoms with Gasteiger partial charge in [0.05, 0.1) is 17.9 Å². The van der Waals surface area contributed by atoms with Gasteiger partial charge in [-0.25, -0.2) is 8.42 Å². The molecule has 2 aromatic carbocycles. The molecule has 3 aromatic rings. The number of methoxy groups -OCH3 is 1. The van der Waals surface area contributed by atoms with Crippen molar-refractivity contribution in [1.82, 2.24) is 9.29 Å². The van der Waals surface area contributed by atoms with E-state index in [4.69, 9.17) is 9.47 Å². The zero-order valence-electron chi connectivity index (χ0n) is 18.5. The van der Waals surface area contributed by atoms with E-state index < -0.39 is 21.9 Å². The number of ether oxygens (including phenoxy) is 2. The second kappa shape index (κ2) is 9.36. The number of aryl methyl sites for hydroxylation is 1. The van der Waals surface area contributed by atoms with E-state index in [2.05, 4.69) is 4.98 Å². The Morgan fingerprint density at radius 1 is 1.06 bits per heavy atom. The summed E-state index contributed by atoms with van der Waals surface area (Å²) >= 11 is 0. The van der Waals surface area contributed by atoms with Crippen molar-refractivity contribution in [1.29, 1.82) is 0 Å². The van der Waals surface area contributed by atoms with Gasteiger partial charge in [-0.15, -0.1) is 0 Å². The molecule has 0 radical (unpaired) electrons. The van der Waals surface area contributed by atoms with Crippen LogP contribution in [0.15, 0.2) is 53.4 Å². The number of nitrogens with zero attached hydrogens (tertiary/aromatic N) is 1. The lowest BCUT2D eigenvalue weighted by atomic mass is 9.98. The van der Waals surface area contributed by atoms with Crippen molar-refractivity contribution >= 4 is 32.7 Å². The fourth-order valence-corrected chi connectivity index (χ4v) is 5.66. The first-order valence-electron chi connectivity index (χ1n) is 10.7. The molecule has 0 atom stereocenters. The molecule has 0 bridgehead atoms. The highest BCUT2D eigenvalue weighted by molar-refractivity contribution is 7.89. The largest absolute Gasteiger partial charge is 0.497 e. The molecule has 0 saturated carbocycles. The summed E-state index contributed by atoms with van der Waals surface area (Å²) in [5, 5.41) is 0.799. The maximum Gasteiger partial charge on any atom is 0.309 e. The number of piperidine rings is 1. The molecule has 1 saturated heterocycles. The molecule has 9 heteroatoms. The minimum Gasteiger partial charge on any atom is -0.497 e. The van der Waals surface area contributed by atoms with Crippen molar-refractivity contribution in [2.45, 2.75) is 24.7 Å². The quantitative estimate of drug-likeness (QED) is 0.420. The molecule has 1 aliphatic rings. The van der Waals surface area contributed by atoms with Crippen LogP contribution in [-0.4, -0.2) is 56.3 Å². The van der Waals surface area contributed by atoms with Crippen molar-refractivity contribution in [2.75, 3.05) is 26.8 Å². The summed E-state index contributed by atoms with van der Waals surface area (Å²) in [4.78, 5) is 28.6. The lowest BCUT2D eigenvalue weighted by Gasteiger charge is -2.30. The van der Waals surface area contributed by atoms with E-state index >= 15 is 0 Å². The first-order valence-corrected chi connectivity index (χ1v) is 12.2. The summed E-state index contributed by atoms with van der Waals surface area (Å²) in [6, 6.07) is 13.7. The van der Waals surface area contributed by atoms with Crippen LogP contribution in [0.5, 0.6) is 5.75 Å². The van der Waals surface area contributed by atoms with Crippen LogP contribution in [0.4, 0.5) is 0 Å². The fraction of sp³-hybridized carbons (Fsp3) is 0.333. The van der Waals surface area contributed by atoms with E-state index in [1.54, 1.807) is 12.1 Å². The highest BCUT2D eigenvalue weighted by Gasteiger charge is 2.33. The van der Waals surface area contributed by atoms with E-state index in [1.807, 2.05) is 31.2 Å². The lowest BCUT2D eigenvalue weighted by Crippen LogP contribution is -2.40. The summed E-state index contributed by atoms with van der Waals surface area (Å²) in [6.07, 6.45) is 0.684. The third-order valence-electron chi connectivity index (χ3n) is 6.00. The van der Waals surface area contributed by atoms with Gasteiger partial charge in [-0.3, -0.25) is 9.59 Å². The van der Waals surface area contributed by atoms with Gasteiger partial charge in [-0.05, 0) is 50.1 Å². The highest BCUT2D eigenvalue weighted by atomic mass is 32.2. The first kappa shape index (κ1) is 23.0. The zero-order valence-corrected chi connectivity index (χ0v) is 19.4. The Hall–Kier alpha value is -3.17. The highest BCUT2D eigenvalue weighted by Crippen LogP contribution is 2.26. The average Bonchev–Trinajstić information content (AvgIpc) is 3.18. The predicted molar refractivity (Wildman–Crippen MR) is 123 cm³/mol. The van der Waals surface area contributed by atoms with Gasteiger partial charge in [0.25, 0.3) is 0 Å². The summed E-state index contributed by atoms with van der Waals surface area (Å²) < 4.78 is 37.5. The van der Waals surface area contributed by atoms with Gasteiger partial charge in [0.2, 0.25) is 15.8 Å². The Kier molecular flexibility index (Phi) is 6.53. The zero-order chi connectivity index (χ0) is 23.6. The molecule has 1 aromatic heterocycles. The number of ketones is 1. The number of hydrogen-bond donors (Lipinski definition) is 1. The molecule has 2 heterocycles. The minimum atomic E-state index is -3.65. The van der Waals surface area contributed by atoms with Crippen LogP contribution in [0.2, 0.25) is 0 Å². The number of aromatic nitrogens is 1. The van der Waals surface area contributed by atoms with Crippen molar-refractivity contribution in [2.24, 2.45) is 5.92 Å². The molecule has 174 valence electrons. The van der Waals surface area contributed by atoms with E-state index in [1.165, 1.54) is 23.5 Å². The SMILES string of the molecule is COc1ccc(S(=O)(=O)N2CCC(C(=O)OCC(=O)c3c(C)[nH]c4ccccc34)CC2)cc1. The van der Waals surface area contributed by atoms with Gasteiger partial charge in [0.1, 0.15) is 5.75 Å². The van der Waals surface area contributed by atoms with Crippen LogP contribution in [0.1, 0.15) is 28.9 Å². The Morgan fingerprint density at radius 3 is 2.39 bits per heavy atom. The topological polar surface area (TPSA) is 106 Å². The number of sulfonamides is 1. The van der Waals surface area contributed by atoms with E-state index in [-0.39, 0.29) is 30.4 Å².